The minimum absolute atomic E-state index is 0. The fourth-order valence-corrected chi connectivity index (χ4v) is 9.54. The van der Waals surface area contributed by atoms with Gasteiger partial charge in [0, 0.05) is 83.6 Å². The Morgan fingerprint density at radius 3 is 0.946 bits per heavy atom. The van der Waals surface area contributed by atoms with Crippen molar-refractivity contribution in [1.29, 1.82) is 47.4 Å². The Labute approximate surface area is 706 Å². The Bertz CT molecular complexity index is 2930. The number of thiocarbonyl (C=S) groups is 4. The van der Waals surface area contributed by atoms with Crippen LogP contribution in [0.3, 0.4) is 0 Å². The Morgan fingerprint density at radius 2 is 0.739 bits per heavy atom. The minimum atomic E-state index is -1.35. The van der Waals surface area contributed by atoms with Gasteiger partial charge in [-0.15, -0.1) is 15.8 Å². The van der Waals surface area contributed by atoms with Crippen LogP contribution in [0.5, 0.6) is 0 Å². The van der Waals surface area contributed by atoms with E-state index in [4.69, 9.17) is 175 Å². The molecular weight excluding hydrogens is 1470 g/mol. The van der Waals surface area contributed by atoms with Crippen molar-refractivity contribution in [3.8, 4) is 18.2 Å². The second-order valence-electron chi connectivity index (χ2n) is 15.5. The summed E-state index contributed by atoms with van der Waals surface area (Å²) in [7, 11) is 4.08. The smallest absolute Gasteiger partial charge is 1.00 e. The van der Waals surface area contributed by atoms with Gasteiger partial charge in [-0.1, -0.05) is 200 Å². The molecule has 0 saturated heterocycles. The van der Waals surface area contributed by atoms with Gasteiger partial charge < -0.3 is 116 Å². The Morgan fingerprint density at radius 1 is 0.500 bits per heavy atom. The van der Waals surface area contributed by atoms with Gasteiger partial charge in [-0.2, -0.15) is 26.0 Å². The third-order valence-electron chi connectivity index (χ3n) is 9.22. The summed E-state index contributed by atoms with van der Waals surface area (Å²) >= 11 is 34.9. The summed E-state index contributed by atoms with van der Waals surface area (Å²) < 4.78 is 2.07. The molecule has 0 spiro atoms. The molecule has 92 heavy (non-hydrogen) atoms. The summed E-state index contributed by atoms with van der Waals surface area (Å²) in [5.74, 6) is -2.41. The van der Waals surface area contributed by atoms with Crippen molar-refractivity contribution in [3.05, 3.63) is 219 Å². The fraction of sp³-hybridized carbons (Fsp3) is 0.233. The average Bonchev–Trinajstić information content (AvgIpc) is 1.51. The maximum absolute atomic E-state index is 10.6. The van der Waals surface area contributed by atoms with Gasteiger partial charge in [0.15, 0.2) is 11.1 Å². The van der Waals surface area contributed by atoms with Crippen molar-refractivity contribution < 1.29 is 81.4 Å². The molecule has 0 heterocycles. The van der Waals surface area contributed by atoms with Crippen LogP contribution in [0.25, 0.3) is 0 Å². The number of nitriles is 3. The van der Waals surface area contributed by atoms with Crippen LogP contribution in [0.4, 0.5) is 0 Å². The number of rotatable bonds is 17. The van der Waals surface area contributed by atoms with Crippen molar-refractivity contribution in [2.24, 2.45) is 10.2 Å². The SMILES string of the molecule is CC(C#N)(CCC(=O)O)N=NC(C)(C#N)CCC(=O)O.CC(C#N)(CCC(=O)O)SC(=S)c1ccccc1.CO.ClCc1ccccc1.S=C(SSC(=S)c1ccccc1)c1ccccc1.S=C([S-])c1ccccc1.[C-]#N.[C-]#N.[C-]#N.[C-]#N.[C-]#N.[C-]#N.[Fe+6].[K].[K][K].[Na+]. The maximum atomic E-state index is 10.6. The molecule has 0 aliphatic heterocycles. The summed E-state index contributed by atoms with van der Waals surface area (Å²) in [6.45, 7) is 33.0. The van der Waals surface area contributed by atoms with Crippen LogP contribution >= 0.6 is 93.8 Å². The molecule has 5 aromatic carbocycles. The largest absolute Gasteiger partial charge is 1.00 e. The standard InChI is InChI=1S/C14H10S4.C13H13NO2S2.C12H16N4O4.C7H7Cl.C7H6S2.6CN.CH4O.Fe.3K.Na/c15-13(11-7-3-1-4-8-11)17-18-14(16)12-9-5-2-6-10-12;1-13(9-14,8-7-11(15)16)18-12(17)10-5-3-2-4-6-10;1-11(7-13,5-3-9(17)18)15-16-12(2,8-14)6-4-10(19)20;8-6-7-4-2-1-3-5-7;8-7(9)6-4-2-1-3-5-6;7*1-2;;;;;/h1-10H;2-6H,7-8H2,1H3,(H,15,16);3-6H2,1-2H3,(H,17,18)(H,19,20);1-5H,6H2;1-5H,(H,8,9);;;;;;;2H,1H3;;;;;/q;;;;;6*-1;;+6;;;;+1/p-1. The molecule has 0 bridgehead atoms. The number of hydrogen-bond donors (Lipinski definition) is 4. The molecule has 5 rings (SSSR count). The topological polar surface area (TPSA) is 371 Å². The number of aliphatic hydroxyl groups is 1. The van der Waals surface area contributed by atoms with Gasteiger partial charge in [0.25, 0.3) is 0 Å². The Hall–Kier alpha value is -2.17. The number of carbonyl (C=O) groups is 3. The van der Waals surface area contributed by atoms with Gasteiger partial charge in [-0.05, 0) is 89.4 Å². The van der Waals surface area contributed by atoms with Crippen LogP contribution in [-0.4, -0.2) is 193 Å². The molecule has 0 aromatic heterocycles. The molecule has 0 aliphatic carbocycles. The van der Waals surface area contributed by atoms with E-state index < -0.39 is 33.7 Å². The quantitative estimate of drug-likeness (QED) is 0.0128. The van der Waals surface area contributed by atoms with Gasteiger partial charge in [-0.25, -0.2) is 0 Å². The van der Waals surface area contributed by atoms with E-state index >= 15 is 0 Å². The number of benzene rings is 5. The second-order valence-corrected chi connectivity index (χ2v) is 22.5. The molecule has 3 atom stereocenters. The molecule has 0 fully saturated rings. The van der Waals surface area contributed by atoms with Gasteiger partial charge in [-0.3, -0.25) is 14.4 Å². The zero-order chi connectivity index (χ0) is 70.7. The van der Waals surface area contributed by atoms with Crippen LogP contribution < -0.4 is 29.6 Å². The van der Waals surface area contributed by atoms with E-state index in [0.717, 1.165) is 37.8 Å². The third kappa shape index (κ3) is 66.4. The van der Waals surface area contributed by atoms with E-state index in [9.17, 15) is 19.6 Å². The second kappa shape index (κ2) is 81.3. The number of halogens is 1. The van der Waals surface area contributed by atoms with Crippen LogP contribution in [0.15, 0.2) is 162 Å². The third-order valence-corrected chi connectivity index (χ3v) is 15.4. The maximum Gasteiger partial charge on any atom is 1.00 e. The normalized spacial score (nSPS) is 10.1. The van der Waals surface area contributed by atoms with Gasteiger partial charge in [0.05, 0.1) is 30.8 Å². The molecular formula is C60H55ClFeK3N11NaO7S8. The molecule has 4 N–H and O–H groups in total. The van der Waals surface area contributed by atoms with Gasteiger partial charge >= 0.3 is 128 Å². The predicted molar refractivity (Wildman–Crippen MR) is 371 cm³/mol. The number of aliphatic carboxylic acids is 3. The van der Waals surface area contributed by atoms with Crippen molar-refractivity contribution in [2.45, 2.75) is 81.0 Å². The zero-order valence-corrected chi connectivity index (χ0v) is 71.1. The van der Waals surface area contributed by atoms with Crippen LogP contribution in [0.2, 0.25) is 0 Å². The number of carboxylic acid groups (broad SMARTS) is 3. The molecule has 459 valence electrons. The van der Waals surface area contributed by atoms with Crippen LogP contribution in [0, 0.1) is 105 Å². The molecule has 32 heteroatoms. The number of carboxylic acids is 3. The summed E-state index contributed by atoms with van der Waals surface area (Å²) in [4.78, 5) is 31.6. The number of nitrogens with zero attached hydrogens (tertiary/aromatic N) is 11. The van der Waals surface area contributed by atoms with E-state index in [0.29, 0.717) is 14.3 Å². The van der Waals surface area contributed by atoms with Gasteiger partial charge in [0.1, 0.15) is 4.75 Å². The van der Waals surface area contributed by atoms with E-state index in [2.05, 4.69) is 16.3 Å². The molecule has 1 radical (unpaired) electrons. The number of alkyl halides is 1. The minimum Gasteiger partial charge on any atom is 1.00 e. The van der Waals surface area contributed by atoms with Crippen molar-refractivity contribution >= 4 is 256 Å². The molecule has 3 unspecified atom stereocenters. The summed E-state index contributed by atoms with van der Waals surface area (Å²) in [5.41, 5.74) is 2.46. The first kappa shape index (κ1) is 114. The van der Waals surface area contributed by atoms with E-state index in [1.807, 2.05) is 164 Å². The predicted octanol–water partition coefficient (Wildman–Crippen LogP) is 10.5. The fourth-order valence-electron chi connectivity index (χ4n) is 4.95. The van der Waals surface area contributed by atoms with E-state index in [1.165, 1.54) is 116 Å². The zero-order valence-electron chi connectivity index (χ0n) is 51.3. The molecule has 0 aliphatic rings. The first-order valence-corrected chi connectivity index (χ1v) is 46.0. The number of hydrogen-bond acceptors (Lipinski definition) is 23. The summed E-state index contributed by atoms with van der Waals surface area (Å²) in [5, 5.41) is 105. The van der Waals surface area contributed by atoms with E-state index in [-0.39, 0.29) is 137 Å². The Kier molecular flexibility index (Phi) is 101. The average molecular weight is 1530 g/mol. The summed E-state index contributed by atoms with van der Waals surface area (Å²) in [6.07, 6.45) is -0.334. The van der Waals surface area contributed by atoms with Crippen molar-refractivity contribution in [1.82, 2.24) is 0 Å². The van der Waals surface area contributed by atoms with Gasteiger partial charge in [0.2, 0.25) is 0 Å². The molecule has 0 amide bonds. The molecule has 5 aromatic rings. The first-order valence-electron chi connectivity index (χ1n) is 24.4. The Balaban J connectivity index is -0.0000000951. The number of azo groups is 1. The van der Waals surface area contributed by atoms with Crippen molar-refractivity contribution in [3.63, 3.8) is 0 Å². The molecule has 18 nitrogen and oxygen atoms in total. The van der Waals surface area contributed by atoms with Crippen molar-refractivity contribution in [2.75, 3.05) is 7.11 Å². The summed E-state index contributed by atoms with van der Waals surface area (Å²) in [6, 6.07) is 54.8. The van der Waals surface area contributed by atoms with Crippen LogP contribution in [-0.2, 0) is 50.0 Å². The molecule has 0 saturated carbocycles. The van der Waals surface area contributed by atoms with Crippen LogP contribution in [0.1, 0.15) is 87.1 Å². The first-order chi connectivity index (χ1) is 42.6. The number of aliphatic hydroxyl groups excluding tert-OH is 1. The van der Waals surface area contributed by atoms with E-state index in [1.54, 1.807) is 6.92 Å². The number of thioether (sulfide) groups is 1. The monoisotopic (exact) mass is 1530 g/mol.